The largest absolute Gasteiger partial charge is 0.491 e. The molecule has 2 aromatic heterocycles. The van der Waals surface area contributed by atoms with Gasteiger partial charge < -0.3 is 14.8 Å². The van der Waals surface area contributed by atoms with Gasteiger partial charge in [-0.1, -0.05) is 0 Å². The van der Waals surface area contributed by atoms with Crippen LogP contribution >= 0.6 is 0 Å². The number of methoxy groups -OCH3 is 1. The fraction of sp³-hybridized carbons (Fsp3) is 0.150. The average molecular weight is 424 g/mol. The third-order valence-electron chi connectivity index (χ3n) is 4.36. The third-order valence-corrected chi connectivity index (χ3v) is 4.36. The van der Waals surface area contributed by atoms with Crippen LogP contribution in [0, 0.1) is 15.9 Å². The topological polar surface area (TPSA) is 117 Å². The Morgan fingerprint density at radius 3 is 2.71 bits per heavy atom. The quantitative estimate of drug-likeness (QED) is 0.259. The molecule has 0 aliphatic heterocycles. The standard InChI is InChI=1S/C20H17FN6O4/c1-30-8-9-31-16-6-3-14(4-7-16)24-20-22-12-17(21)19(25-20)26-18-10-15(27(28)29)5-2-13(18)11-23-26/h2-7,10-12H,8-9H2,1H3,(H,22,24,25). The Hall–Kier alpha value is -4.12. The number of rotatable bonds is 8. The van der Waals surface area contributed by atoms with Crippen molar-refractivity contribution in [2.75, 3.05) is 25.6 Å². The highest BCUT2D eigenvalue weighted by Gasteiger charge is 2.16. The van der Waals surface area contributed by atoms with Gasteiger partial charge in [0.05, 0.1) is 29.4 Å². The van der Waals surface area contributed by atoms with Gasteiger partial charge in [-0.3, -0.25) is 10.1 Å². The molecular formula is C20H17FN6O4. The molecule has 0 amide bonds. The van der Waals surface area contributed by atoms with E-state index in [0.29, 0.717) is 35.6 Å². The zero-order valence-corrected chi connectivity index (χ0v) is 16.4. The van der Waals surface area contributed by atoms with Crippen molar-refractivity contribution in [3.63, 3.8) is 0 Å². The van der Waals surface area contributed by atoms with Crippen molar-refractivity contribution in [1.82, 2.24) is 19.7 Å². The minimum atomic E-state index is -0.719. The molecule has 0 bridgehead atoms. The predicted octanol–water partition coefficient (Wildman–Crippen LogP) is 3.63. The molecule has 0 saturated carbocycles. The molecule has 0 atom stereocenters. The van der Waals surface area contributed by atoms with Crippen LogP contribution in [0.1, 0.15) is 0 Å². The molecule has 4 rings (SSSR count). The van der Waals surface area contributed by atoms with E-state index in [1.165, 1.54) is 23.0 Å². The number of halogens is 1. The van der Waals surface area contributed by atoms with Crippen LogP contribution in [0.5, 0.6) is 5.75 Å². The van der Waals surface area contributed by atoms with E-state index in [9.17, 15) is 14.5 Å². The van der Waals surface area contributed by atoms with E-state index in [2.05, 4.69) is 20.4 Å². The molecule has 4 aromatic rings. The number of benzene rings is 2. The maximum atomic E-state index is 14.5. The lowest BCUT2D eigenvalue weighted by molar-refractivity contribution is -0.384. The van der Waals surface area contributed by atoms with Crippen molar-refractivity contribution in [2.45, 2.75) is 0 Å². The van der Waals surface area contributed by atoms with E-state index in [1.54, 1.807) is 37.4 Å². The fourth-order valence-corrected chi connectivity index (χ4v) is 2.86. The van der Waals surface area contributed by atoms with Crippen molar-refractivity contribution >= 4 is 28.2 Å². The summed E-state index contributed by atoms with van der Waals surface area (Å²) < 4.78 is 26.1. The molecule has 1 N–H and O–H groups in total. The highest BCUT2D eigenvalue weighted by Crippen LogP contribution is 2.25. The summed E-state index contributed by atoms with van der Waals surface area (Å²) in [6, 6.07) is 11.3. The Morgan fingerprint density at radius 1 is 1.16 bits per heavy atom. The summed E-state index contributed by atoms with van der Waals surface area (Å²) in [4.78, 5) is 18.7. The van der Waals surface area contributed by atoms with Gasteiger partial charge in [-0.2, -0.15) is 10.1 Å². The fourth-order valence-electron chi connectivity index (χ4n) is 2.86. The Labute approximate surface area is 175 Å². The van der Waals surface area contributed by atoms with Gasteiger partial charge in [-0.05, 0) is 30.3 Å². The highest BCUT2D eigenvalue weighted by molar-refractivity contribution is 5.82. The summed E-state index contributed by atoms with van der Waals surface area (Å²) in [6.45, 7) is 0.918. The van der Waals surface area contributed by atoms with Crippen LogP contribution < -0.4 is 10.1 Å². The first kappa shape index (κ1) is 20.2. The maximum absolute atomic E-state index is 14.5. The van der Waals surface area contributed by atoms with Gasteiger partial charge in [0.15, 0.2) is 11.6 Å². The number of hydrogen-bond acceptors (Lipinski definition) is 8. The van der Waals surface area contributed by atoms with Crippen molar-refractivity contribution < 1.29 is 18.8 Å². The number of nitro groups is 1. The zero-order valence-electron chi connectivity index (χ0n) is 16.4. The van der Waals surface area contributed by atoms with Crippen LogP contribution in [0.25, 0.3) is 16.7 Å². The van der Waals surface area contributed by atoms with Crippen LogP contribution in [-0.4, -0.2) is 45.0 Å². The molecule has 11 heteroatoms. The average Bonchev–Trinajstić information content (AvgIpc) is 3.19. The van der Waals surface area contributed by atoms with E-state index in [1.807, 2.05) is 0 Å². The van der Waals surface area contributed by atoms with Crippen molar-refractivity contribution in [1.29, 1.82) is 0 Å². The van der Waals surface area contributed by atoms with E-state index < -0.39 is 10.7 Å². The molecule has 158 valence electrons. The van der Waals surface area contributed by atoms with Gasteiger partial charge in [-0.25, -0.2) is 14.1 Å². The number of aromatic nitrogens is 4. The second-order valence-electron chi connectivity index (χ2n) is 6.41. The summed E-state index contributed by atoms with van der Waals surface area (Å²) in [5, 5.41) is 18.8. The minimum absolute atomic E-state index is 0.130. The minimum Gasteiger partial charge on any atom is -0.491 e. The molecule has 0 aliphatic carbocycles. The van der Waals surface area contributed by atoms with E-state index in [4.69, 9.17) is 9.47 Å². The molecule has 31 heavy (non-hydrogen) atoms. The second-order valence-corrected chi connectivity index (χ2v) is 6.41. The molecule has 0 spiro atoms. The first-order chi connectivity index (χ1) is 15.0. The molecule has 0 aliphatic rings. The van der Waals surface area contributed by atoms with Gasteiger partial charge in [0.1, 0.15) is 12.4 Å². The van der Waals surface area contributed by atoms with Gasteiger partial charge in [0.2, 0.25) is 5.95 Å². The SMILES string of the molecule is COCCOc1ccc(Nc2ncc(F)c(-n3ncc4ccc([N+](=O)[O-])cc43)n2)cc1. The Morgan fingerprint density at radius 2 is 1.97 bits per heavy atom. The first-order valence-corrected chi connectivity index (χ1v) is 9.19. The van der Waals surface area contributed by atoms with Crippen LogP contribution in [0.15, 0.2) is 54.9 Å². The molecule has 10 nitrogen and oxygen atoms in total. The second kappa shape index (κ2) is 8.71. The zero-order chi connectivity index (χ0) is 21.8. The summed E-state index contributed by atoms with van der Waals surface area (Å²) in [7, 11) is 1.60. The summed E-state index contributed by atoms with van der Waals surface area (Å²) in [5.74, 6) is -0.0390. The smallest absolute Gasteiger partial charge is 0.271 e. The lowest BCUT2D eigenvalue weighted by Crippen LogP contribution is -2.07. The monoisotopic (exact) mass is 424 g/mol. The van der Waals surface area contributed by atoms with Gasteiger partial charge in [0, 0.05) is 30.3 Å². The van der Waals surface area contributed by atoms with E-state index >= 15 is 0 Å². The molecule has 0 radical (unpaired) electrons. The number of anilines is 2. The summed E-state index contributed by atoms with van der Waals surface area (Å²) in [5.41, 5.74) is 0.891. The Kier molecular flexibility index (Phi) is 5.67. The van der Waals surface area contributed by atoms with Gasteiger partial charge in [-0.15, -0.1) is 0 Å². The lowest BCUT2D eigenvalue weighted by Gasteiger charge is -2.09. The predicted molar refractivity (Wildman–Crippen MR) is 110 cm³/mol. The first-order valence-electron chi connectivity index (χ1n) is 9.19. The number of nitrogens with zero attached hydrogens (tertiary/aromatic N) is 5. The molecule has 0 unspecified atom stereocenters. The number of ether oxygens (including phenoxy) is 2. The normalized spacial score (nSPS) is 10.9. The molecule has 0 saturated heterocycles. The van der Waals surface area contributed by atoms with Crippen LogP contribution in [0.3, 0.4) is 0 Å². The van der Waals surface area contributed by atoms with Crippen molar-refractivity contribution in [3.8, 4) is 11.6 Å². The van der Waals surface area contributed by atoms with Gasteiger partial charge >= 0.3 is 0 Å². The number of nitrogens with one attached hydrogen (secondary N) is 1. The molecular weight excluding hydrogens is 407 g/mol. The third kappa shape index (κ3) is 4.41. The molecule has 2 heterocycles. The van der Waals surface area contributed by atoms with Crippen molar-refractivity contribution in [2.24, 2.45) is 0 Å². The molecule has 2 aromatic carbocycles. The molecule has 0 fully saturated rings. The number of fused-ring (bicyclic) bond motifs is 1. The summed E-state index contributed by atoms with van der Waals surface area (Å²) in [6.07, 6.45) is 2.49. The number of hydrogen-bond donors (Lipinski definition) is 1. The number of non-ortho nitro benzene ring substituents is 1. The lowest BCUT2D eigenvalue weighted by atomic mass is 10.2. The number of nitro benzene ring substituents is 1. The Bertz CT molecular complexity index is 1230. The highest BCUT2D eigenvalue weighted by atomic mass is 19.1. The van der Waals surface area contributed by atoms with Gasteiger partial charge in [0.25, 0.3) is 5.69 Å². The maximum Gasteiger partial charge on any atom is 0.271 e. The van der Waals surface area contributed by atoms with E-state index in [-0.39, 0.29) is 17.5 Å². The van der Waals surface area contributed by atoms with Crippen LogP contribution in [0.2, 0.25) is 0 Å². The van der Waals surface area contributed by atoms with Crippen LogP contribution in [-0.2, 0) is 4.74 Å². The Balaban J connectivity index is 1.60. The summed E-state index contributed by atoms with van der Waals surface area (Å²) >= 11 is 0. The van der Waals surface area contributed by atoms with Crippen LogP contribution in [0.4, 0.5) is 21.7 Å². The van der Waals surface area contributed by atoms with Crippen molar-refractivity contribution in [3.05, 3.63) is 70.8 Å². The van der Waals surface area contributed by atoms with E-state index in [0.717, 1.165) is 6.20 Å².